The zero-order valence-corrected chi connectivity index (χ0v) is 19.7. The van der Waals surface area contributed by atoms with Crippen molar-refractivity contribution in [1.29, 1.82) is 0 Å². The maximum absolute atomic E-state index is 13.6. The Morgan fingerprint density at radius 3 is 2.85 bits per heavy atom. The molecule has 1 aliphatic carbocycles. The van der Waals surface area contributed by atoms with Gasteiger partial charge in [-0.1, -0.05) is 6.92 Å². The van der Waals surface area contributed by atoms with E-state index in [1.807, 2.05) is 9.80 Å². The Morgan fingerprint density at radius 2 is 2.09 bits per heavy atom. The zero-order valence-electron chi connectivity index (χ0n) is 19.7. The fraction of sp³-hybridized carbons (Fsp3) is 0.750. The van der Waals surface area contributed by atoms with Gasteiger partial charge in [0.25, 0.3) is 0 Å². The highest BCUT2D eigenvalue weighted by atomic mass is 19.4. The molecule has 5 rings (SSSR count). The van der Waals surface area contributed by atoms with Crippen LogP contribution in [0.4, 0.5) is 18.9 Å². The van der Waals surface area contributed by atoms with Crippen LogP contribution in [0, 0.1) is 11.3 Å². The van der Waals surface area contributed by atoms with Crippen molar-refractivity contribution in [2.24, 2.45) is 11.3 Å². The SMILES string of the molecule is COC1COCCC1NC1CC[C@@]2(C1)C(=O)N1CCN(c3cncc(C(F)(F)F)c3)CC1C2C. The van der Waals surface area contributed by atoms with Crippen LogP contribution in [0.5, 0.6) is 0 Å². The van der Waals surface area contributed by atoms with Crippen molar-refractivity contribution in [2.45, 2.75) is 63.0 Å². The van der Waals surface area contributed by atoms with Gasteiger partial charge in [0, 0.05) is 51.6 Å². The quantitative estimate of drug-likeness (QED) is 0.712. The molecule has 1 N–H and O–H groups in total. The van der Waals surface area contributed by atoms with Gasteiger partial charge in [0.15, 0.2) is 0 Å². The summed E-state index contributed by atoms with van der Waals surface area (Å²) in [5.41, 5.74) is -0.684. The molecule has 1 amide bonds. The van der Waals surface area contributed by atoms with E-state index in [4.69, 9.17) is 9.47 Å². The Morgan fingerprint density at radius 1 is 1.26 bits per heavy atom. The molecule has 0 radical (unpaired) electrons. The molecule has 0 bridgehead atoms. The number of carbonyl (C=O) groups is 1. The van der Waals surface area contributed by atoms with E-state index in [1.54, 1.807) is 7.11 Å². The highest BCUT2D eigenvalue weighted by molar-refractivity contribution is 5.87. The van der Waals surface area contributed by atoms with E-state index in [2.05, 4.69) is 17.2 Å². The number of anilines is 1. The number of halogens is 3. The van der Waals surface area contributed by atoms with Crippen LogP contribution >= 0.6 is 0 Å². The van der Waals surface area contributed by atoms with E-state index in [0.29, 0.717) is 38.5 Å². The Hall–Kier alpha value is -1.91. The maximum Gasteiger partial charge on any atom is 0.417 e. The monoisotopic (exact) mass is 482 g/mol. The van der Waals surface area contributed by atoms with Crippen LogP contribution in [0.3, 0.4) is 0 Å². The van der Waals surface area contributed by atoms with E-state index < -0.39 is 17.2 Å². The molecule has 4 fully saturated rings. The fourth-order valence-corrected chi connectivity index (χ4v) is 6.59. The minimum Gasteiger partial charge on any atom is -0.379 e. The lowest BCUT2D eigenvalue weighted by Gasteiger charge is -2.40. The number of alkyl halides is 3. The Labute approximate surface area is 198 Å². The molecule has 1 spiro atoms. The van der Waals surface area contributed by atoms with Gasteiger partial charge in [0.05, 0.1) is 41.6 Å². The molecule has 1 aromatic heterocycles. The highest BCUT2D eigenvalue weighted by Gasteiger charge is 2.60. The lowest BCUT2D eigenvalue weighted by Crippen LogP contribution is -2.53. The Kier molecular flexibility index (Phi) is 6.27. The number of amides is 1. The Bertz CT molecular complexity index is 916. The molecule has 1 aromatic rings. The third-order valence-electron chi connectivity index (χ3n) is 8.58. The minimum absolute atomic E-state index is 0.00986. The zero-order chi connectivity index (χ0) is 24.1. The summed E-state index contributed by atoms with van der Waals surface area (Å²) in [5, 5.41) is 3.75. The number of fused-ring (bicyclic) bond motifs is 1. The molecule has 1 saturated carbocycles. The number of piperazine rings is 1. The normalized spacial score (nSPS) is 36.4. The van der Waals surface area contributed by atoms with E-state index in [0.717, 1.165) is 37.9 Å². The Balaban J connectivity index is 1.29. The largest absolute Gasteiger partial charge is 0.417 e. The fourth-order valence-electron chi connectivity index (χ4n) is 6.59. The molecule has 6 atom stereocenters. The second-order valence-corrected chi connectivity index (χ2v) is 10.2. The number of pyridine rings is 1. The first kappa shape index (κ1) is 23.8. The van der Waals surface area contributed by atoms with Gasteiger partial charge in [-0.15, -0.1) is 0 Å². The summed E-state index contributed by atoms with van der Waals surface area (Å²) in [6.07, 6.45) is 1.38. The molecule has 0 aromatic carbocycles. The number of nitrogens with zero attached hydrogens (tertiary/aromatic N) is 3. The smallest absolute Gasteiger partial charge is 0.379 e. The lowest BCUT2D eigenvalue weighted by molar-refractivity contribution is -0.138. The molecular formula is C24H33F3N4O3. The van der Waals surface area contributed by atoms with Crippen molar-refractivity contribution >= 4 is 11.6 Å². The summed E-state index contributed by atoms with van der Waals surface area (Å²) >= 11 is 0. The number of aromatic nitrogens is 1. The van der Waals surface area contributed by atoms with Gasteiger partial charge in [-0.25, -0.2) is 0 Å². The molecule has 4 heterocycles. The molecule has 10 heteroatoms. The molecular weight excluding hydrogens is 449 g/mol. The first-order valence-electron chi connectivity index (χ1n) is 12.2. The summed E-state index contributed by atoms with van der Waals surface area (Å²) in [6.45, 7) is 4.99. The molecule has 4 aliphatic rings. The highest BCUT2D eigenvalue weighted by Crippen LogP contribution is 2.53. The van der Waals surface area contributed by atoms with Crippen LogP contribution in [-0.4, -0.2) is 80.0 Å². The van der Waals surface area contributed by atoms with Crippen molar-refractivity contribution < 1.29 is 27.4 Å². The molecule has 34 heavy (non-hydrogen) atoms. The van der Waals surface area contributed by atoms with Gasteiger partial charge in [-0.05, 0) is 37.7 Å². The first-order chi connectivity index (χ1) is 16.2. The van der Waals surface area contributed by atoms with E-state index in [1.165, 1.54) is 6.20 Å². The van der Waals surface area contributed by atoms with E-state index in [-0.39, 0.29) is 36.1 Å². The van der Waals surface area contributed by atoms with Gasteiger partial charge in [-0.3, -0.25) is 9.78 Å². The second kappa shape index (κ2) is 8.95. The third-order valence-corrected chi connectivity index (χ3v) is 8.58. The van der Waals surface area contributed by atoms with Crippen LogP contribution in [0.2, 0.25) is 0 Å². The molecule has 5 unspecified atom stereocenters. The number of ether oxygens (including phenoxy) is 2. The maximum atomic E-state index is 13.6. The van der Waals surface area contributed by atoms with Crippen LogP contribution in [0.25, 0.3) is 0 Å². The molecule has 188 valence electrons. The van der Waals surface area contributed by atoms with E-state index in [9.17, 15) is 18.0 Å². The number of carbonyl (C=O) groups excluding carboxylic acids is 1. The molecule has 7 nitrogen and oxygen atoms in total. The van der Waals surface area contributed by atoms with Crippen molar-refractivity contribution in [1.82, 2.24) is 15.2 Å². The summed E-state index contributed by atoms with van der Waals surface area (Å²) in [7, 11) is 1.70. The summed E-state index contributed by atoms with van der Waals surface area (Å²) in [5.74, 6) is 0.340. The van der Waals surface area contributed by atoms with E-state index >= 15 is 0 Å². The van der Waals surface area contributed by atoms with Crippen LogP contribution < -0.4 is 10.2 Å². The van der Waals surface area contributed by atoms with Crippen LogP contribution in [0.15, 0.2) is 18.5 Å². The first-order valence-corrected chi connectivity index (χ1v) is 12.2. The number of hydrogen-bond donors (Lipinski definition) is 1. The van der Waals surface area contributed by atoms with Gasteiger partial charge >= 0.3 is 6.18 Å². The van der Waals surface area contributed by atoms with Gasteiger partial charge in [0.2, 0.25) is 5.91 Å². The number of hydrogen-bond acceptors (Lipinski definition) is 6. The average Bonchev–Trinajstić information content (AvgIpc) is 3.35. The summed E-state index contributed by atoms with van der Waals surface area (Å²) in [6, 6.07) is 1.62. The van der Waals surface area contributed by atoms with Gasteiger partial charge in [0.1, 0.15) is 0 Å². The van der Waals surface area contributed by atoms with Crippen LogP contribution in [-0.2, 0) is 20.4 Å². The second-order valence-electron chi connectivity index (χ2n) is 10.2. The summed E-state index contributed by atoms with van der Waals surface area (Å²) in [4.78, 5) is 21.4. The van der Waals surface area contributed by atoms with Gasteiger partial charge in [-0.2, -0.15) is 13.2 Å². The van der Waals surface area contributed by atoms with Gasteiger partial charge < -0.3 is 24.6 Å². The molecule has 3 saturated heterocycles. The number of nitrogens with one attached hydrogen (secondary N) is 1. The van der Waals surface area contributed by atoms with Crippen LogP contribution in [0.1, 0.15) is 38.2 Å². The minimum atomic E-state index is -4.43. The van der Waals surface area contributed by atoms with Crippen molar-refractivity contribution in [3.8, 4) is 0 Å². The molecule has 3 aliphatic heterocycles. The average molecular weight is 483 g/mol. The summed E-state index contributed by atoms with van der Waals surface area (Å²) < 4.78 is 50.7. The van der Waals surface area contributed by atoms with Crippen molar-refractivity contribution in [3.05, 3.63) is 24.0 Å². The number of methoxy groups -OCH3 is 1. The van der Waals surface area contributed by atoms with Crippen molar-refractivity contribution in [3.63, 3.8) is 0 Å². The number of rotatable bonds is 4. The predicted octanol–water partition coefficient (Wildman–Crippen LogP) is 2.70. The third kappa shape index (κ3) is 4.07. The van der Waals surface area contributed by atoms with Crippen molar-refractivity contribution in [2.75, 3.05) is 44.9 Å². The lowest BCUT2D eigenvalue weighted by atomic mass is 9.74. The standard InChI is InChI=1S/C24H33F3N4O3/c1-15-20-13-30(18-9-16(11-28-12-18)24(25,26)27)6-7-31(20)22(32)23(15)5-3-17(10-23)29-19-4-8-34-14-21(19)33-2/h9,11-12,15,17,19-21,29H,3-8,10,13-14H2,1-2H3/t15?,17?,19?,20?,21?,23-/m0/s1. The topological polar surface area (TPSA) is 66.9 Å². The predicted molar refractivity (Wildman–Crippen MR) is 119 cm³/mol.